The number of ether oxygens (including phenoxy) is 1. The molecule has 1 amide bonds. The molecular weight excluding hydrogens is 368 g/mol. The second kappa shape index (κ2) is 8.29. The molecule has 0 unspecified atom stereocenters. The molecule has 22 heavy (non-hydrogen) atoms. The normalized spacial score (nSPS) is 21.3. The van der Waals surface area contributed by atoms with Crippen LogP contribution in [0, 0.1) is 0 Å². The summed E-state index contributed by atoms with van der Waals surface area (Å²) in [6.07, 6.45) is 1.30. The monoisotopic (exact) mass is 390 g/mol. The van der Waals surface area contributed by atoms with E-state index in [0.717, 1.165) is 17.3 Å². The van der Waals surface area contributed by atoms with Crippen LogP contribution in [0.25, 0.3) is 0 Å². The van der Waals surface area contributed by atoms with Crippen LogP contribution in [0.5, 0.6) is 0 Å². The summed E-state index contributed by atoms with van der Waals surface area (Å²) in [5, 5.41) is 3.01. The Morgan fingerprint density at radius 1 is 1.36 bits per heavy atom. The van der Waals surface area contributed by atoms with Crippen molar-refractivity contribution in [3.8, 4) is 0 Å². The summed E-state index contributed by atoms with van der Waals surface area (Å²) in [5.74, 6) is -0.0314. The molecule has 4 nitrogen and oxygen atoms in total. The highest BCUT2D eigenvalue weighted by Gasteiger charge is 2.31. The molecule has 0 spiro atoms. The summed E-state index contributed by atoms with van der Waals surface area (Å²) in [5.41, 5.74) is 6.64. The number of halogens is 2. The topological polar surface area (TPSA) is 64.4 Å². The fourth-order valence-electron chi connectivity index (χ4n) is 2.50. The first-order chi connectivity index (χ1) is 9.92. The van der Waals surface area contributed by atoms with E-state index in [4.69, 9.17) is 10.5 Å². The number of carbonyl (C=O) groups excluding carboxylic acids is 1. The van der Waals surface area contributed by atoms with Crippen molar-refractivity contribution in [3.05, 3.63) is 34.3 Å². The number of hydrogen-bond acceptors (Lipinski definition) is 3. The molecule has 124 valence electrons. The van der Waals surface area contributed by atoms with Gasteiger partial charge in [-0.15, -0.1) is 12.4 Å². The van der Waals surface area contributed by atoms with Gasteiger partial charge in [-0.2, -0.15) is 0 Å². The molecular formula is C16H24BrClN2O2. The highest BCUT2D eigenvalue weighted by Crippen LogP contribution is 2.24. The van der Waals surface area contributed by atoms with Crippen LogP contribution in [0.4, 0.5) is 0 Å². The molecule has 1 aliphatic rings. The maximum Gasteiger partial charge on any atom is 0.249 e. The minimum absolute atomic E-state index is 0. The lowest BCUT2D eigenvalue weighted by molar-refractivity contribution is -0.132. The average Bonchev–Trinajstić information content (AvgIpc) is 2.94. The third-order valence-electron chi connectivity index (χ3n) is 3.99. The second-order valence-corrected chi connectivity index (χ2v) is 7.08. The molecule has 1 aliphatic heterocycles. The smallest absolute Gasteiger partial charge is 0.249 e. The minimum Gasteiger partial charge on any atom is -0.364 e. The van der Waals surface area contributed by atoms with Crippen LogP contribution >= 0.6 is 28.3 Å². The Labute approximate surface area is 146 Å². The van der Waals surface area contributed by atoms with E-state index in [2.05, 4.69) is 47.2 Å². The van der Waals surface area contributed by atoms with Gasteiger partial charge in [0.1, 0.15) is 6.10 Å². The van der Waals surface area contributed by atoms with Gasteiger partial charge in [0.15, 0.2) is 0 Å². The molecule has 6 heteroatoms. The van der Waals surface area contributed by atoms with E-state index in [1.807, 2.05) is 12.1 Å². The summed E-state index contributed by atoms with van der Waals surface area (Å²) in [7, 11) is 0. The predicted molar refractivity (Wildman–Crippen MR) is 94.4 cm³/mol. The summed E-state index contributed by atoms with van der Waals surface area (Å²) >= 11 is 3.43. The van der Waals surface area contributed by atoms with Gasteiger partial charge in [0.05, 0.1) is 6.10 Å². The van der Waals surface area contributed by atoms with Crippen molar-refractivity contribution in [2.24, 2.45) is 5.73 Å². The summed E-state index contributed by atoms with van der Waals surface area (Å²) < 4.78 is 6.67. The lowest BCUT2D eigenvalue weighted by Gasteiger charge is -2.26. The molecule has 2 rings (SSSR count). The largest absolute Gasteiger partial charge is 0.364 e. The first-order valence-corrected chi connectivity index (χ1v) is 8.11. The van der Waals surface area contributed by atoms with Gasteiger partial charge in [0.2, 0.25) is 5.91 Å². The maximum atomic E-state index is 12.2. The summed E-state index contributed by atoms with van der Waals surface area (Å²) in [6.45, 7) is 5.30. The van der Waals surface area contributed by atoms with Crippen molar-refractivity contribution in [1.82, 2.24) is 5.32 Å². The molecule has 3 N–H and O–H groups in total. The van der Waals surface area contributed by atoms with Gasteiger partial charge in [0.25, 0.3) is 0 Å². The SMILES string of the molecule is CC(C)(CNC(=O)[C@@H]1CC[C@H](CN)O1)c1ccc(Br)cc1.Cl. The number of carbonyl (C=O) groups is 1. The molecule has 2 atom stereocenters. The number of nitrogens with one attached hydrogen (secondary N) is 1. The van der Waals surface area contributed by atoms with Gasteiger partial charge in [-0.3, -0.25) is 4.79 Å². The van der Waals surface area contributed by atoms with E-state index in [9.17, 15) is 4.79 Å². The van der Waals surface area contributed by atoms with Gasteiger partial charge in [-0.25, -0.2) is 0 Å². The highest BCUT2D eigenvalue weighted by molar-refractivity contribution is 9.10. The predicted octanol–water partition coefficient (Wildman–Crippen LogP) is 2.77. The summed E-state index contributed by atoms with van der Waals surface area (Å²) in [6, 6.07) is 8.19. The summed E-state index contributed by atoms with van der Waals surface area (Å²) in [4.78, 5) is 12.2. The molecule has 1 aromatic carbocycles. The lowest BCUT2D eigenvalue weighted by atomic mass is 9.84. The van der Waals surface area contributed by atoms with Crippen LogP contribution in [0.3, 0.4) is 0 Å². The molecule has 1 aromatic rings. The Kier molecular flexibility index (Phi) is 7.32. The lowest BCUT2D eigenvalue weighted by Crippen LogP contribution is -2.42. The van der Waals surface area contributed by atoms with E-state index in [0.29, 0.717) is 13.1 Å². The molecule has 0 bridgehead atoms. The van der Waals surface area contributed by atoms with Gasteiger partial charge in [0, 0.05) is 23.0 Å². The van der Waals surface area contributed by atoms with Crippen LogP contribution in [-0.4, -0.2) is 31.2 Å². The number of benzene rings is 1. The Morgan fingerprint density at radius 2 is 2.00 bits per heavy atom. The van der Waals surface area contributed by atoms with Crippen molar-refractivity contribution in [2.45, 2.75) is 44.3 Å². The molecule has 1 heterocycles. The Hall–Kier alpha value is -0.620. The molecule has 0 radical (unpaired) electrons. The zero-order chi connectivity index (χ0) is 15.5. The van der Waals surface area contributed by atoms with E-state index >= 15 is 0 Å². The minimum atomic E-state index is -0.348. The van der Waals surface area contributed by atoms with Gasteiger partial charge < -0.3 is 15.8 Å². The van der Waals surface area contributed by atoms with Gasteiger partial charge >= 0.3 is 0 Å². The first-order valence-electron chi connectivity index (χ1n) is 7.31. The maximum absolute atomic E-state index is 12.2. The number of rotatable bonds is 5. The third-order valence-corrected chi connectivity index (χ3v) is 4.52. The van der Waals surface area contributed by atoms with Crippen LogP contribution in [-0.2, 0) is 14.9 Å². The zero-order valence-corrected chi connectivity index (χ0v) is 15.4. The number of amides is 1. The number of nitrogens with two attached hydrogens (primary N) is 1. The van der Waals surface area contributed by atoms with E-state index in [-0.39, 0.29) is 35.9 Å². The van der Waals surface area contributed by atoms with Crippen molar-refractivity contribution in [1.29, 1.82) is 0 Å². The van der Waals surface area contributed by atoms with E-state index in [1.54, 1.807) is 0 Å². The van der Waals surface area contributed by atoms with Gasteiger partial charge in [-0.1, -0.05) is 41.9 Å². The Bertz CT molecular complexity index is 493. The molecule has 0 aromatic heterocycles. The molecule has 1 saturated heterocycles. The average molecular weight is 392 g/mol. The van der Waals surface area contributed by atoms with Crippen molar-refractivity contribution in [2.75, 3.05) is 13.1 Å². The van der Waals surface area contributed by atoms with Crippen LogP contribution in [0.1, 0.15) is 32.3 Å². The fraction of sp³-hybridized carbons (Fsp3) is 0.562. The fourth-order valence-corrected chi connectivity index (χ4v) is 2.76. The highest BCUT2D eigenvalue weighted by atomic mass is 79.9. The first kappa shape index (κ1) is 19.4. The van der Waals surface area contributed by atoms with Crippen molar-refractivity contribution < 1.29 is 9.53 Å². The molecule has 0 aliphatic carbocycles. The van der Waals surface area contributed by atoms with E-state index < -0.39 is 0 Å². The number of hydrogen-bond donors (Lipinski definition) is 2. The van der Waals surface area contributed by atoms with Crippen molar-refractivity contribution >= 4 is 34.2 Å². The van der Waals surface area contributed by atoms with E-state index in [1.165, 1.54) is 5.56 Å². The second-order valence-electron chi connectivity index (χ2n) is 6.17. The third kappa shape index (κ3) is 4.95. The zero-order valence-electron chi connectivity index (χ0n) is 13.0. The Balaban J connectivity index is 0.00000242. The molecule has 1 fully saturated rings. The van der Waals surface area contributed by atoms with Gasteiger partial charge in [-0.05, 0) is 30.5 Å². The Morgan fingerprint density at radius 3 is 2.55 bits per heavy atom. The van der Waals surface area contributed by atoms with Crippen LogP contribution < -0.4 is 11.1 Å². The van der Waals surface area contributed by atoms with Crippen LogP contribution in [0.2, 0.25) is 0 Å². The molecule has 0 saturated carbocycles. The quantitative estimate of drug-likeness (QED) is 0.811. The van der Waals surface area contributed by atoms with Crippen LogP contribution in [0.15, 0.2) is 28.7 Å². The van der Waals surface area contributed by atoms with Crippen molar-refractivity contribution in [3.63, 3.8) is 0 Å². The standard InChI is InChI=1S/C16H23BrN2O2.ClH/c1-16(2,11-3-5-12(17)6-4-11)10-19-15(20)14-8-7-13(9-18)21-14;/h3-6,13-14H,7-10,18H2,1-2H3,(H,19,20);1H/t13-,14+;/m1./s1.